The molecule has 1 saturated heterocycles. The fourth-order valence-electron chi connectivity index (χ4n) is 5.16. The Bertz CT molecular complexity index is 1520. The number of imidazole rings is 1. The number of carbonyl (C=O) groups excluding carboxylic acids is 2. The van der Waals surface area contributed by atoms with Crippen LogP contribution < -0.4 is 10.2 Å². The Kier molecular flexibility index (Phi) is 8.15. The van der Waals surface area contributed by atoms with Gasteiger partial charge < -0.3 is 29.9 Å². The zero-order valence-electron chi connectivity index (χ0n) is 22.8. The maximum atomic E-state index is 13.2. The zero-order valence-corrected chi connectivity index (χ0v) is 23.6. The number of amides is 2. The van der Waals surface area contributed by atoms with Gasteiger partial charge in [0, 0.05) is 31.7 Å². The van der Waals surface area contributed by atoms with Gasteiger partial charge in [-0.25, -0.2) is 9.97 Å². The van der Waals surface area contributed by atoms with Crippen molar-refractivity contribution in [1.29, 1.82) is 0 Å². The highest BCUT2D eigenvalue weighted by Crippen LogP contribution is 2.34. The summed E-state index contributed by atoms with van der Waals surface area (Å²) in [6.45, 7) is 3.03. The molecule has 10 nitrogen and oxygen atoms in total. The van der Waals surface area contributed by atoms with E-state index in [4.69, 9.17) is 0 Å². The number of aliphatic hydroxyl groups excluding tert-OH is 2. The van der Waals surface area contributed by atoms with Gasteiger partial charge in [-0.1, -0.05) is 24.3 Å². The van der Waals surface area contributed by atoms with E-state index >= 15 is 0 Å². The Balaban J connectivity index is 1.18. The SMILES string of the molecule is Cc1nc2ccccc2n1Cc1csc(CNC(=O)[C@H](O)[C@@H](O)C(=O)N2CCCC2c2cccc(N(C)C)c2)n1. The van der Waals surface area contributed by atoms with Gasteiger partial charge in [0.25, 0.3) is 11.8 Å². The number of aryl methyl sites for hydroxylation is 1. The first-order valence-electron chi connectivity index (χ1n) is 13.3. The molecule has 11 heteroatoms. The number of nitrogens with one attached hydrogen (secondary N) is 1. The molecule has 0 spiro atoms. The largest absolute Gasteiger partial charge is 0.380 e. The second-order valence-electron chi connectivity index (χ2n) is 10.3. The molecule has 1 aliphatic rings. The van der Waals surface area contributed by atoms with Crippen molar-refractivity contribution in [3.8, 4) is 0 Å². The predicted molar refractivity (Wildman–Crippen MR) is 154 cm³/mol. The van der Waals surface area contributed by atoms with Gasteiger partial charge in [0.05, 0.1) is 35.9 Å². The summed E-state index contributed by atoms with van der Waals surface area (Å²) < 4.78 is 2.08. The highest BCUT2D eigenvalue weighted by Gasteiger charge is 2.38. The van der Waals surface area contributed by atoms with Crippen LogP contribution >= 0.6 is 11.3 Å². The van der Waals surface area contributed by atoms with E-state index in [0.29, 0.717) is 18.1 Å². The fraction of sp³-hybridized carbons (Fsp3) is 0.379. The van der Waals surface area contributed by atoms with E-state index in [9.17, 15) is 19.8 Å². The summed E-state index contributed by atoms with van der Waals surface area (Å²) in [6, 6.07) is 15.6. The lowest BCUT2D eigenvalue weighted by Crippen LogP contribution is -2.50. The Morgan fingerprint density at radius 2 is 1.93 bits per heavy atom. The van der Waals surface area contributed by atoms with Gasteiger partial charge in [-0.3, -0.25) is 9.59 Å². The monoisotopic (exact) mass is 562 g/mol. The number of anilines is 1. The van der Waals surface area contributed by atoms with E-state index in [0.717, 1.165) is 46.6 Å². The molecule has 2 amide bonds. The van der Waals surface area contributed by atoms with E-state index in [1.807, 2.05) is 79.8 Å². The smallest absolute Gasteiger partial charge is 0.255 e. The molecule has 3 atom stereocenters. The van der Waals surface area contributed by atoms with Crippen LogP contribution in [0.15, 0.2) is 53.9 Å². The highest BCUT2D eigenvalue weighted by molar-refractivity contribution is 7.09. The molecule has 0 saturated carbocycles. The molecular formula is C29H34N6O4S. The number of nitrogens with zero attached hydrogens (tertiary/aromatic N) is 5. The van der Waals surface area contributed by atoms with Crippen LogP contribution in [-0.2, 0) is 22.7 Å². The van der Waals surface area contributed by atoms with Gasteiger partial charge in [0.1, 0.15) is 10.8 Å². The summed E-state index contributed by atoms with van der Waals surface area (Å²) in [5.74, 6) is -0.587. The molecule has 1 aliphatic heterocycles. The lowest BCUT2D eigenvalue weighted by molar-refractivity contribution is -0.153. The van der Waals surface area contributed by atoms with Crippen molar-refractivity contribution in [2.24, 2.45) is 0 Å². The Morgan fingerprint density at radius 3 is 2.73 bits per heavy atom. The number of fused-ring (bicyclic) bond motifs is 1. The fourth-order valence-corrected chi connectivity index (χ4v) is 5.89. The molecule has 3 N–H and O–H groups in total. The van der Waals surface area contributed by atoms with Crippen molar-refractivity contribution in [1.82, 2.24) is 24.8 Å². The van der Waals surface area contributed by atoms with Gasteiger partial charge in [-0.2, -0.15) is 0 Å². The van der Waals surface area contributed by atoms with Crippen LogP contribution in [0.2, 0.25) is 0 Å². The molecule has 5 rings (SSSR count). The minimum Gasteiger partial charge on any atom is -0.380 e. The summed E-state index contributed by atoms with van der Waals surface area (Å²) >= 11 is 1.39. The average Bonchev–Trinajstić information content (AvgIpc) is 3.70. The van der Waals surface area contributed by atoms with Crippen LogP contribution in [0.3, 0.4) is 0 Å². The number of aliphatic hydroxyl groups is 2. The number of aromatic nitrogens is 3. The minimum atomic E-state index is -1.89. The highest BCUT2D eigenvalue weighted by atomic mass is 32.1. The average molecular weight is 563 g/mol. The van der Waals surface area contributed by atoms with E-state index in [1.165, 1.54) is 11.3 Å². The van der Waals surface area contributed by atoms with Crippen molar-refractivity contribution >= 4 is 39.9 Å². The third kappa shape index (κ3) is 5.72. The topological polar surface area (TPSA) is 124 Å². The summed E-state index contributed by atoms with van der Waals surface area (Å²) in [7, 11) is 3.90. The quantitative estimate of drug-likeness (QED) is 0.287. The summed E-state index contributed by atoms with van der Waals surface area (Å²) in [6.07, 6.45) is -2.22. The van der Waals surface area contributed by atoms with Crippen molar-refractivity contribution in [2.75, 3.05) is 25.5 Å². The molecular weight excluding hydrogens is 528 g/mol. The number of para-hydroxylation sites is 2. The molecule has 210 valence electrons. The number of benzene rings is 2. The second-order valence-corrected chi connectivity index (χ2v) is 11.2. The molecule has 4 aromatic rings. The first-order valence-corrected chi connectivity index (χ1v) is 14.2. The van der Waals surface area contributed by atoms with Gasteiger partial charge in [0.2, 0.25) is 0 Å². The molecule has 2 aromatic carbocycles. The maximum Gasteiger partial charge on any atom is 0.255 e. The third-order valence-corrected chi connectivity index (χ3v) is 8.20. The normalized spacial score (nSPS) is 16.7. The Hall–Kier alpha value is -3.80. The lowest BCUT2D eigenvalue weighted by Gasteiger charge is -2.29. The molecule has 0 aliphatic carbocycles. The summed E-state index contributed by atoms with van der Waals surface area (Å²) in [4.78, 5) is 38.6. The van der Waals surface area contributed by atoms with Crippen molar-refractivity contribution in [3.63, 3.8) is 0 Å². The third-order valence-electron chi connectivity index (χ3n) is 7.31. The van der Waals surface area contributed by atoms with Gasteiger partial charge >= 0.3 is 0 Å². The van der Waals surface area contributed by atoms with Gasteiger partial charge in [0.15, 0.2) is 12.2 Å². The molecule has 3 heterocycles. The van der Waals surface area contributed by atoms with Crippen molar-refractivity contribution in [3.05, 3.63) is 76.0 Å². The predicted octanol–water partition coefficient (Wildman–Crippen LogP) is 2.62. The van der Waals surface area contributed by atoms with Crippen LogP contribution in [0.4, 0.5) is 5.69 Å². The minimum absolute atomic E-state index is 0.0782. The first kappa shape index (κ1) is 27.8. The number of likely N-dealkylation sites (tertiary alicyclic amines) is 1. The second kappa shape index (κ2) is 11.7. The molecule has 40 heavy (non-hydrogen) atoms. The lowest BCUT2D eigenvalue weighted by atomic mass is 10.0. The van der Waals surface area contributed by atoms with Crippen LogP contribution in [0.25, 0.3) is 11.0 Å². The number of hydrogen-bond acceptors (Lipinski definition) is 8. The Morgan fingerprint density at radius 1 is 1.12 bits per heavy atom. The molecule has 0 bridgehead atoms. The van der Waals surface area contributed by atoms with Gasteiger partial charge in [-0.15, -0.1) is 11.3 Å². The zero-order chi connectivity index (χ0) is 28.4. The summed E-state index contributed by atoms with van der Waals surface area (Å²) in [5.41, 5.74) is 4.74. The van der Waals surface area contributed by atoms with Crippen molar-refractivity contribution in [2.45, 2.75) is 51.1 Å². The number of thiazole rings is 1. The summed E-state index contributed by atoms with van der Waals surface area (Å²) in [5, 5.41) is 26.4. The Labute approximate surface area is 236 Å². The standard InChI is InChI=1S/C29H34N6O4S/c1-18-31-22-10-4-5-11-24(22)35(18)16-20-17-40-25(32-20)15-30-28(38)26(36)27(37)29(39)34-13-7-12-23(34)19-8-6-9-21(14-19)33(2)3/h4-6,8-11,14,17,23,26-27,36-37H,7,12-13,15-16H2,1-3H3,(H,30,38)/t23?,26-,27-/m1/s1. The number of rotatable bonds is 9. The molecule has 0 radical (unpaired) electrons. The molecule has 1 fully saturated rings. The van der Waals surface area contributed by atoms with Crippen LogP contribution in [0.1, 0.15) is 41.0 Å². The van der Waals surface area contributed by atoms with Crippen molar-refractivity contribution < 1.29 is 19.8 Å². The first-order chi connectivity index (χ1) is 19.2. The van der Waals surface area contributed by atoms with E-state index in [-0.39, 0.29) is 12.6 Å². The van der Waals surface area contributed by atoms with Crippen LogP contribution in [0.5, 0.6) is 0 Å². The molecule has 2 aromatic heterocycles. The number of hydrogen-bond donors (Lipinski definition) is 3. The van der Waals surface area contributed by atoms with E-state index < -0.39 is 24.0 Å². The van der Waals surface area contributed by atoms with Crippen LogP contribution in [-0.4, -0.2) is 74.3 Å². The van der Waals surface area contributed by atoms with Crippen LogP contribution in [0, 0.1) is 6.92 Å². The molecule has 1 unspecified atom stereocenters. The van der Waals surface area contributed by atoms with E-state index in [2.05, 4.69) is 19.9 Å². The number of carbonyl (C=O) groups is 2. The van der Waals surface area contributed by atoms with Gasteiger partial charge in [-0.05, 0) is 49.6 Å². The maximum absolute atomic E-state index is 13.2. The van der Waals surface area contributed by atoms with E-state index in [1.54, 1.807) is 4.90 Å².